The van der Waals surface area contributed by atoms with Gasteiger partial charge in [-0.15, -0.1) is 0 Å². The van der Waals surface area contributed by atoms with E-state index in [1.807, 2.05) is 36.4 Å². The summed E-state index contributed by atoms with van der Waals surface area (Å²) in [5.41, 5.74) is 1.97. The van der Waals surface area contributed by atoms with Gasteiger partial charge in [-0.05, 0) is 36.6 Å². The molecule has 0 N–H and O–H groups in total. The Labute approximate surface area is 173 Å². The number of esters is 1. The molecule has 0 radical (unpaired) electrons. The number of amides is 1. The summed E-state index contributed by atoms with van der Waals surface area (Å²) in [6.07, 6.45) is 2.71. The van der Waals surface area contributed by atoms with Crippen molar-refractivity contribution in [2.75, 3.05) is 26.3 Å². The van der Waals surface area contributed by atoms with Crippen molar-refractivity contribution in [2.45, 2.75) is 13.3 Å². The van der Waals surface area contributed by atoms with Crippen LogP contribution in [0, 0.1) is 10.1 Å². The summed E-state index contributed by atoms with van der Waals surface area (Å²) in [4.78, 5) is 36.8. The van der Waals surface area contributed by atoms with Crippen molar-refractivity contribution >= 4 is 23.1 Å². The number of carbonyl (C=O) groups excluding carboxylic acids is 2. The fraction of sp³-hybridized carbons (Fsp3) is 0.273. The maximum atomic E-state index is 12.4. The maximum absolute atomic E-state index is 12.4. The van der Waals surface area contributed by atoms with Gasteiger partial charge in [-0.25, -0.2) is 4.79 Å². The second-order valence-corrected chi connectivity index (χ2v) is 6.63. The minimum Gasteiger partial charge on any atom is -0.487 e. The first-order valence-corrected chi connectivity index (χ1v) is 9.60. The second-order valence-electron chi connectivity index (χ2n) is 6.63. The lowest BCUT2D eigenvalue weighted by Gasteiger charge is -2.26. The van der Waals surface area contributed by atoms with Crippen LogP contribution in [0.2, 0.25) is 0 Å². The predicted molar refractivity (Wildman–Crippen MR) is 110 cm³/mol. The molecule has 0 atom stereocenters. The number of carbonyl (C=O) groups is 2. The molecule has 8 heteroatoms. The summed E-state index contributed by atoms with van der Waals surface area (Å²) in [5, 5.41) is 11.2. The summed E-state index contributed by atoms with van der Waals surface area (Å²) < 4.78 is 10.3. The van der Waals surface area contributed by atoms with Crippen LogP contribution in [-0.4, -0.2) is 48.0 Å². The van der Waals surface area contributed by atoms with Crippen molar-refractivity contribution in [3.8, 4) is 5.75 Å². The lowest BCUT2D eigenvalue weighted by atomic mass is 10.00. The van der Waals surface area contributed by atoms with E-state index < -0.39 is 17.5 Å². The first-order chi connectivity index (χ1) is 14.5. The number of benzene rings is 2. The first-order valence-electron chi connectivity index (χ1n) is 9.60. The van der Waals surface area contributed by atoms with Gasteiger partial charge < -0.3 is 14.4 Å². The van der Waals surface area contributed by atoms with Gasteiger partial charge in [-0.1, -0.05) is 36.4 Å². The zero-order valence-corrected chi connectivity index (χ0v) is 16.6. The topological polar surface area (TPSA) is 99.0 Å². The molecule has 2 aromatic carbocycles. The molecule has 1 aliphatic rings. The molecule has 8 nitrogen and oxygen atoms in total. The number of nitro benzene ring substituents is 1. The summed E-state index contributed by atoms with van der Waals surface area (Å²) in [6.45, 7) is 2.51. The van der Waals surface area contributed by atoms with Crippen LogP contribution in [0.4, 0.5) is 5.69 Å². The third kappa shape index (κ3) is 5.02. The minimum atomic E-state index is -0.799. The van der Waals surface area contributed by atoms with E-state index >= 15 is 0 Å². The van der Waals surface area contributed by atoms with Gasteiger partial charge in [0, 0.05) is 19.2 Å². The van der Waals surface area contributed by atoms with Gasteiger partial charge >= 0.3 is 11.7 Å². The van der Waals surface area contributed by atoms with Gasteiger partial charge in [-0.2, -0.15) is 0 Å². The molecule has 1 heterocycles. The van der Waals surface area contributed by atoms with Crippen molar-refractivity contribution in [3.63, 3.8) is 0 Å². The van der Waals surface area contributed by atoms with E-state index in [1.54, 1.807) is 11.8 Å². The molecule has 0 fully saturated rings. The average molecular weight is 410 g/mol. The molecule has 0 saturated carbocycles. The number of nitrogens with zero attached hydrogens (tertiary/aromatic N) is 2. The van der Waals surface area contributed by atoms with Crippen molar-refractivity contribution in [1.82, 2.24) is 4.90 Å². The highest BCUT2D eigenvalue weighted by Gasteiger charge is 2.22. The molecule has 0 unspecified atom stereocenters. The van der Waals surface area contributed by atoms with Gasteiger partial charge in [0.25, 0.3) is 5.91 Å². The molecular weight excluding hydrogens is 388 g/mol. The van der Waals surface area contributed by atoms with Gasteiger partial charge in [0.05, 0.1) is 17.1 Å². The predicted octanol–water partition coefficient (Wildman–Crippen LogP) is 3.47. The third-order valence-electron chi connectivity index (χ3n) is 4.72. The van der Waals surface area contributed by atoms with Crippen LogP contribution in [-0.2, 0) is 9.53 Å². The first kappa shape index (κ1) is 21.0. The third-order valence-corrected chi connectivity index (χ3v) is 4.72. The fourth-order valence-electron chi connectivity index (χ4n) is 3.18. The Morgan fingerprint density at radius 3 is 2.57 bits per heavy atom. The van der Waals surface area contributed by atoms with E-state index in [1.165, 1.54) is 17.7 Å². The Morgan fingerprint density at radius 2 is 1.93 bits per heavy atom. The van der Waals surface area contributed by atoms with Crippen LogP contribution < -0.4 is 4.74 Å². The van der Waals surface area contributed by atoms with Crippen molar-refractivity contribution in [2.24, 2.45) is 0 Å². The minimum absolute atomic E-state index is 0.0112. The van der Waals surface area contributed by atoms with Gasteiger partial charge in [-0.3, -0.25) is 14.9 Å². The molecule has 0 spiro atoms. The average Bonchev–Trinajstić information content (AvgIpc) is 2.78. The summed E-state index contributed by atoms with van der Waals surface area (Å²) in [6, 6.07) is 13.8. The molecular formula is C22H22N2O6. The van der Waals surface area contributed by atoms with Crippen LogP contribution in [0.1, 0.15) is 29.3 Å². The van der Waals surface area contributed by atoms with Gasteiger partial charge in [0.15, 0.2) is 12.4 Å². The van der Waals surface area contributed by atoms with Gasteiger partial charge in [0.2, 0.25) is 0 Å². The second kappa shape index (κ2) is 9.69. The van der Waals surface area contributed by atoms with Gasteiger partial charge in [0.1, 0.15) is 0 Å². The van der Waals surface area contributed by atoms with Crippen molar-refractivity contribution < 1.29 is 24.0 Å². The van der Waals surface area contributed by atoms with Crippen LogP contribution in [0.15, 0.2) is 54.6 Å². The van der Waals surface area contributed by atoms with Crippen molar-refractivity contribution in [1.29, 1.82) is 0 Å². The molecule has 2 aromatic rings. The Bertz CT molecular complexity index is 971. The van der Waals surface area contributed by atoms with E-state index in [9.17, 15) is 19.7 Å². The van der Waals surface area contributed by atoms with E-state index in [0.717, 1.165) is 18.1 Å². The number of ether oxygens (including phenoxy) is 2. The van der Waals surface area contributed by atoms with Crippen LogP contribution in [0.5, 0.6) is 5.75 Å². The molecule has 1 aliphatic heterocycles. The van der Waals surface area contributed by atoms with Crippen molar-refractivity contribution in [3.05, 3.63) is 75.8 Å². The standard InChI is InChI=1S/C22H22N2O6/c1-2-29-20-9-8-18(14-19(20)24(27)28)22(26)30-15-21(25)23-12-10-17(11-13-23)16-6-4-3-5-7-16/h3-10,14H,2,11-13,15H2,1H3. The van der Waals surface area contributed by atoms with E-state index in [4.69, 9.17) is 9.47 Å². The normalized spacial score (nSPS) is 13.4. The summed E-state index contributed by atoms with van der Waals surface area (Å²) in [7, 11) is 0. The quantitative estimate of drug-likeness (QED) is 0.394. The molecule has 0 aromatic heterocycles. The zero-order chi connectivity index (χ0) is 21.5. The highest BCUT2D eigenvalue weighted by atomic mass is 16.6. The van der Waals surface area contributed by atoms with E-state index in [-0.39, 0.29) is 29.5 Å². The number of nitro groups is 1. The Balaban J connectivity index is 1.57. The summed E-state index contributed by atoms with van der Waals surface area (Å²) >= 11 is 0. The Hall–Kier alpha value is -3.68. The monoisotopic (exact) mass is 410 g/mol. The fourth-order valence-corrected chi connectivity index (χ4v) is 3.18. The Kier molecular flexibility index (Phi) is 6.79. The van der Waals surface area contributed by atoms with E-state index in [0.29, 0.717) is 13.1 Å². The van der Waals surface area contributed by atoms with E-state index in [2.05, 4.69) is 0 Å². The highest BCUT2D eigenvalue weighted by Crippen LogP contribution is 2.28. The van der Waals surface area contributed by atoms with Crippen LogP contribution >= 0.6 is 0 Å². The Morgan fingerprint density at radius 1 is 1.17 bits per heavy atom. The lowest BCUT2D eigenvalue weighted by molar-refractivity contribution is -0.385. The largest absolute Gasteiger partial charge is 0.487 e. The number of hydrogen-bond acceptors (Lipinski definition) is 6. The molecule has 3 rings (SSSR count). The summed E-state index contributed by atoms with van der Waals surface area (Å²) in [5.74, 6) is -1.04. The molecule has 1 amide bonds. The van der Waals surface area contributed by atoms with Crippen LogP contribution in [0.3, 0.4) is 0 Å². The molecule has 30 heavy (non-hydrogen) atoms. The molecule has 0 saturated heterocycles. The smallest absolute Gasteiger partial charge is 0.338 e. The molecule has 0 bridgehead atoms. The number of rotatable bonds is 7. The number of hydrogen-bond donors (Lipinski definition) is 0. The zero-order valence-electron chi connectivity index (χ0n) is 16.6. The maximum Gasteiger partial charge on any atom is 0.338 e. The SMILES string of the molecule is CCOc1ccc(C(=O)OCC(=O)N2CC=C(c3ccccc3)CC2)cc1[N+](=O)[O-]. The lowest BCUT2D eigenvalue weighted by Crippen LogP contribution is -2.37. The molecule has 0 aliphatic carbocycles. The van der Waals surface area contributed by atoms with Crippen LogP contribution in [0.25, 0.3) is 5.57 Å². The molecule has 156 valence electrons. The highest BCUT2D eigenvalue weighted by molar-refractivity contribution is 5.92.